The summed E-state index contributed by atoms with van der Waals surface area (Å²) in [4.78, 5) is 19.6. The Kier molecular flexibility index (Phi) is 2.93. The van der Waals surface area contributed by atoms with Crippen molar-refractivity contribution in [1.29, 1.82) is 0 Å². The van der Waals surface area contributed by atoms with E-state index in [1.54, 1.807) is 6.26 Å². The van der Waals surface area contributed by atoms with Crippen molar-refractivity contribution in [3.05, 3.63) is 52.1 Å². The second-order valence-electron chi connectivity index (χ2n) is 5.21. The largest absolute Gasteiger partial charge is 0.464 e. The van der Waals surface area contributed by atoms with Crippen LogP contribution in [0.15, 0.2) is 39.7 Å². The Morgan fingerprint density at radius 1 is 1.25 bits per heavy atom. The highest BCUT2D eigenvalue weighted by Crippen LogP contribution is 2.28. The maximum Gasteiger partial charge on any atom is 0.254 e. The van der Waals surface area contributed by atoms with Crippen molar-refractivity contribution < 1.29 is 4.42 Å². The number of furan rings is 1. The van der Waals surface area contributed by atoms with Gasteiger partial charge in [-0.3, -0.25) is 4.79 Å². The first-order valence-corrected chi connectivity index (χ1v) is 6.65. The van der Waals surface area contributed by atoms with Crippen LogP contribution in [0, 0.1) is 6.92 Å². The third kappa shape index (κ3) is 1.93. The van der Waals surface area contributed by atoms with Gasteiger partial charge in [-0.15, -0.1) is 0 Å². The molecule has 2 aromatic heterocycles. The summed E-state index contributed by atoms with van der Waals surface area (Å²) in [6.45, 7) is 5.86. The fourth-order valence-corrected chi connectivity index (χ4v) is 2.56. The quantitative estimate of drug-likeness (QED) is 0.772. The van der Waals surface area contributed by atoms with Gasteiger partial charge in [0.2, 0.25) is 0 Å². The van der Waals surface area contributed by atoms with Crippen molar-refractivity contribution in [3.63, 3.8) is 0 Å². The monoisotopic (exact) mass is 268 g/mol. The molecule has 0 bridgehead atoms. The molecule has 20 heavy (non-hydrogen) atoms. The van der Waals surface area contributed by atoms with Crippen LogP contribution in [0.5, 0.6) is 0 Å². The van der Waals surface area contributed by atoms with Crippen LogP contribution in [0.25, 0.3) is 22.4 Å². The molecule has 0 atom stereocenters. The lowest BCUT2D eigenvalue weighted by Crippen LogP contribution is -2.18. The molecule has 0 unspecified atom stereocenters. The standard InChI is InChI=1S/C16H16N2O2/c1-9(2)14-10(3)17-15(18-16(14)19)12-8-20-13-7-5-4-6-11(12)13/h4-9H,1-3H3,(H,17,18,19). The smallest absolute Gasteiger partial charge is 0.254 e. The lowest BCUT2D eigenvalue weighted by atomic mass is 10.0. The van der Waals surface area contributed by atoms with Crippen LogP contribution in [-0.4, -0.2) is 9.97 Å². The van der Waals surface area contributed by atoms with Crippen LogP contribution in [-0.2, 0) is 0 Å². The van der Waals surface area contributed by atoms with Gasteiger partial charge in [0, 0.05) is 16.6 Å². The van der Waals surface area contributed by atoms with Gasteiger partial charge >= 0.3 is 0 Å². The number of para-hydroxylation sites is 1. The second-order valence-corrected chi connectivity index (χ2v) is 5.21. The zero-order valence-electron chi connectivity index (χ0n) is 11.7. The summed E-state index contributed by atoms with van der Waals surface area (Å²) >= 11 is 0. The minimum atomic E-state index is -0.0761. The van der Waals surface area contributed by atoms with Crippen molar-refractivity contribution in [2.75, 3.05) is 0 Å². The van der Waals surface area contributed by atoms with E-state index in [4.69, 9.17) is 4.42 Å². The van der Waals surface area contributed by atoms with Gasteiger partial charge in [-0.05, 0) is 18.9 Å². The molecular formula is C16H16N2O2. The molecule has 0 saturated heterocycles. The molecule has 0 amide bonds. The number of hydrogen-bond acceptors (Lipinski definition) is 3. The van der Waals surface area contributed by atoms with Crippen LogP contribution in [0.2, 0.25) is 0 Å². The predicted molar refractivity (Wildman–Crippen MR) is 78.9 cm³/mol. The maximum absolute atomic E-state index is 12.2. The molecule has 0 saturated carbocycles. The molecule has 0 spiro atoms. The summed E-state index contributed by atoms with van der Waals surface area (Å²) in [5.74, 6) is 0.711. The van der Waals surface area contributed by atoms with E-state index < -0.39 is 0 Å². The molecule has 3 aromatic rings. The van der Waals surface area contributed by atoms with Crippen molar-refractivity contribution in [2.24, 2.45) is 0 Å². The van der Waals surface area contributed by atoms with E-state index in [9.17, 15) is 4.79 Å². The maximum atomic E-state index is 12.2. The number of aryl methyl sites for hydroxylation is 1. The van der Waals surface area contributed by atoms with E-state index in [2.05, 4.69) is 9.97 Å². The number of nitrogens with zero attached hydrogens (tertiary/aromatic N) is 1. The molecule has 0 radical (unpaired) electrons. The highest BCUT2D eigenvalue weighted by molar-refractivity contribution is 5.91. The molecule has 0 aliphatic rings. The fourth-order valence-electron chi connectivity index (χ4n) is 2.56. The van der Waals surface area contributed by atoms with E-state index in [-0.39, 0.29) is 11.5 Å². The Morgan fingerprint density at radius 2 is 2.00 bits per heavy atom. The van der Waals surface area contributed by atoms with Crippen molar-refractivity contribution in [1.82, 2.24) is 9.97 Å². The third-order valence-corrected chi connectivity index (χ3v) is 3.46. The number of hydrogen-bond donors (Lipinski definition) is 1. The van der Waals surface area contributed by atoms with Gasteiger partial charge in [-0.2, -0.15) is 0 Å². The van der Waals surface area contributed by atoms with Gasteiger partial charge in [-0.1, -0.05) is 32.0 Å². The molecule has 0 fully saturated rings. The second kappa shape index (κ2) is 4.63. The van der Waals surface area contributed by atoms with Gasteiger partial charge in [0.15, 0.2) is 0 Å². The number of rotatable bonds is 2. The number of H-pyrrole nitrogens is 1. The highest BCUT2D eigenvalue weighted by Gasteiger charge is 2.15. The molecule has 1 aromatic carbocycles. The zero-order chi connectivity index (χ0) is 14.3. The first-order chi connectivity index (χ1) is 9.58. The summed E-state index contributed by atoms with van der Waals surface area (Å²) in [5, 5.41) is 0.951. The van der Waals surface area contributed by atoms with E-state index >= 15 is 0 Å². The minimum absolute atomic E-state index is 0.0761. The van der Waals surface area contributed by atoms with E-state index in [1.165, 1.54) is 0 Å². The fraction of sp³-hybridized carbons (Fsp3) is 0.250. The Labute approximate surface area is 116 Å². The first-order valence-electron chi connectivity index (χ1n) is 6.65. The average molecular weight is 268 g/mol. The van der Waals surface area contributed by atoms with Crippen molar-refractivity contribution >= 4 is 11.0 Å². The van der Waals surface area contributed by atoms with Gasteiger partial charge < -0.3 is 9.40 Å². The molecule has 2 heterocycles. The summed E-state index contributed by atoms with van der Waals surface area (Å²) in [6, 6.07) is 7.71. The van der Waals surface area contributed by atoms with Gasteiger partial charge in [-0.25, -0.2) is 4.98 Å². The Morgan fingerprint density at radius 3 is 2.70 bits per heavy atom. The lowest BCUT2D eigenvalue weighted by Gasteiger charge is -2.09. The van der Waals surface area contributed by atoms with E-state index in [1.807, 2.05) is 45.0 Å². The third-order valence-electron chi connectivity index (χ3n) is 3.46. The molecule has 102 valence electrons. The van der Waals surface area contributed by atoms with Crippen LogP contribution in [0.1, 0.15) is 31.0 Å². The minimum Gasteiger partial charge on any atom is -0.464 e. The van der Waals surface area contributed by atoms with Gasteiger partial charge in [0.25, 0.3) is 5.56 Å². The van der Waals surface area contributed by atoms with Gasteiger partial charge in [0.05, 0.1) is 5.56 Å². The Balaban J connectivity index is 2.23. The molecule has 3 rings (SSSR count). The van der Waals surface area contributed by atoms with E-state index in [0.717, 1.165) is 27.8 Å². The van der Waals surface area contributed by atoms with Crippen molar-refractivity contribution in [2.45, 2.75) is 26.7 Å². The van der Waals surface area contributed by atoms with Crippen LogP contribution >= 0.6 is 0 Å². The number of nitrogens with one attached hydrogen (secondary N) is 1. The molecule has 0 aliphatic carbocycles. The molecular weight excluding hydrogens is 252 g/mol. The summed E-state index contributed by atoms with van der Waals surface area (Å²) in [7, 11) is 0. The van der Waals surface area contributed by atoms with E-state index in [0.29, 0.717) is 5.82 Å². The predicted octanol–water partition coefficient (Wildman–Crippen LogP) is 3.61. The number of aromatic amines is 1. The average Bonchev–Trinajstić information content (AvgIpc) is 2.81. The Bertz CT molecular complexity index is 828. The first kappa shape index (κ1) is 12.7. The summed E-state index contributed by atoms with van der Waals surface area (Å²) in [6.07, 6.45) is 1.64. The SMILES string of the molecule is Cc1nc(-c2coc3ccccc23)[nH]c(=O)c1C(C)C. The number of aromatic nitrogens is 2. The zero-order valence-corrected chi connectivity index (χ0v) is 11.7. The summed E-state index contributed by atoms with van der Waals surface area (Å²) < 4.78 is 5.50. The lowest BCUT2D eigenvalue weighted by molar-refractivity contribution is 0.616. The van der Waals surface area contributed by atoms with Crippen molar-refractivity contribution in [3.8, 4) is 11.4 Å². The topological polar surface area (TPSA) is 58.9 Å². The molecule has 0 aliphatic heterocycles. The van der Waals surface area contributed by atoms with Gasteiger partial charge in [0.1, 0.15) is 17.7 Å². The highest BCUT2D eigenvalue weighted by atomic mass is 16.3. The molecule has 4 nitrogen and oxygen atoms in total. The van der Waals surface area contributed by atoms with Crippen LogP contribution in [0.4, 0.5) is 0 Å². The van der Waals surface area contributed by atoms with Crippen LogP contribution < -0.4 is 5.56 Å². The molecule has 4 heteroatoms. The normalized spacial score (nSPS) is 11.4. The van der Waals surface area contributed by atoms with Crippen LogP contribution in [0.3, 0.4) is 0 Å². The number of benzene rings is 1. The number of fused-ring (bicyclic) bond motifs is 1. The molecule has 1 N–H and O–H groups in total. The summed E-state index contributed by atoms with van der Waals surface area (Å²) in [5.41, 5.74) is 3.03. The Hall–Kier alpha value is -2.36.